The zero-order valence-corrected chi connectivity index (χ0v) is 15.7. The highest BCUT2D eigenvalue weighted by molar-refractivity contribution is 5.69. The highest BCUT2D eigenvalue weighted by Crippen LogP contribution is 2.30. The van der Waals surface area contributed by atoms with Crippen molar-refractivity contribution in [1.82, 2.24) is 28.6 Å². The summed E-state index contributed by atoms with van der Waals surface area (Å²) in [6.45, 7) is 2.50. The molecule has 0 radical (unpaired) electrons. The maximum absolute atomic E-state index is 12.6. The quantitative estimate of drug-likeness (QED) is 0.688. The lowest BCUT2D eigenvalue weighted by Crippen LogP contribution is -2.38. The number of rotatable bonds is 4. The van der Waals surface area contributed by atoms with Crippen LogP contribution in [-0.2, 0) is 20.6 Å². The molecule has 0 aliphatic carbocycles. The molecule has 1 atom stereocenters. The molecule has 1 saturated heterocycles. The van der Waals surface area contributed by atoms with Gasteiger partial charge < -0.3 is 4.57 Å². The molecule has 1 unspecified atom stereocenters. The molecule has 27 heavy (non-hydrogen) atoms. The van der Waals surface area contributed by atoms with Crippen LogP contribution < -0.4 is 11.2 Å². The van der Waals surface area contributed by atoms with Crippen molar-refractivity contribution in [2.75, 3.05) is 13.1 Å². The van der Waals surface area contributed by atoms with Crippen molar-refractivity contribution < 1.29 is 0 Å². The lowest BCUT2D eigenvalue weighted by Gasteiger charge is -2.36. The third-order valence-electron chi connectivity index (χ3n) is 5.53. The number of likely N-dealkylation sites (tertiary alicyclic amines) is 1. The Bertz CT molecular complexity index is 1070. The van der Waals surface area contributed by atoms with E-state index in [1.807, 2.05) is 16.8 Å². The fraction of sp³-hybridized carbons (Fsp3) is 0.474. The van der Waals surface area contributed by atoms with Crippen LogP contribution in [0.1, 0.15) is 30.9 Å². The largest absolute Gasteiger partial charge is 0.332 e. The molecule has 3 aromatic heterocycles. The van der Waals surface area contributed by atoms with Gasteiger partial charge in [0.25, 0.3) is 5.56 Å². The molecular weight excluding hydrogens is 344 g/mol. The Morgan fingerprint density at radius 2 is 2.00 bits per heavy atom. The lowest BCUT2D eigenvalue weighted by molar-refractivity contribution is 0.143. The summed E-state index contributed by atoms with van der Waals surface area (Å²) in [5, 5.41) is 0. The SMILES string of the molecule is Cn1c(=O)c2c(ncn2CCN2CCCCC2c2cccnc2)n(C)c1=O. The molecule has 1 aliphatic heterocycles. The summed E-state index contributed by atoms with van der Waals surface area (Å²) in [7, 11) is 3.15. The summed E-state index contributed by atoms with van der Waals surface area (Å²) in [5.74, 6) is 0. The Morgan fingerprint density at radius 1 is 1.15 bits per heavy atom. The van der Waals surface area contributed by atoms with Crippen molar-refractivity contribution >= 4 is 11.2 Å². The summed E-state index contributed by atoms with van der Waals surface area (Å²) < 4.78 is 4.43. The number of imidazole rings is 1. The van der Waals surface area contributed by atoms with Gasteiger partial charge in [-0.1, -0.05) is 12.5 Å². The minimum absolute atomic E-state index is 0.298. The minimum atomic E-state index is -0.356. The Hall–Kier alpha value is -2.74. The third-order valence-corrected chi connectivity index (χ3v) is 5.53. The standard InChI is InChI=1S/C19H24N6O2/c1-22-17-16(18(26)23(2)19(22)27)25(13-21-17)11-10-24-9-4-3-7-15(24)14-6-5-8-20-12-14/h5-6,8,12-13,15H,3-4,7,9-11H2,1-2H3. The number of nitrogens with zero attached hydrogens (tertiary/aromatic N) is 6. The number of piperidine rings is 1. The van der Waals surface area contributed by atoms with E-state index in [-0.39, 0.29) is 11.2 Å². The molecule has 0 bridgehead atoms. The highest BCUT2D eigenvalue weighted by Gasteiger charge is 2.24. The topological polar surface area (TPSA) is 78.0 Å². The van der Waals surface area contributed by atoms with Gasteiger partial charge in [-0.15, -0.1) is 0 Å². The number of aromatic nitrogens is 5. The van der Waals surface area contributed by atoms with Crippen molar-refractivity contribution in [3.8, 4) is 0 Å². The van der Waals surface area contributed by atoms with E-state index >= 15 is 0 Å². The molecule has 8 heteroatoms. The predicted octanol–water partition coefficient (Wildman–Crippen LogP) is 1.06. The maximum Gasteiger partial charge on any atom is 0.332 e. The Labute approximate surface area is 156 Å². The number of hydrogen-bond donors (Lipinski definition) is 0. The summed E-state index contributed by atoms with van der Waals surface area (Å²) in [4.78, 5) is 35.7. The van der Waals surface area contributed by atoms with Crippen molar-refractivity contribution in [2.24, 2.45) is 14.1 Å². The Balaban J connectivity index is 1.61. The molecule has 0 spiro atoms. The molecular formula is C19H24N6O2. The first-order valence-electron chi connectivity index (χ1n) is 9.32. The first-order chi connectivity index (χ1) is 13.1. The zero-order chi connectivity index (χ0) is 19.0. The van der Waals surface area contributed by atoms with E-state index in [0.717, 1.165) is 24.1 Å². The van der Waals surface area contributed by atoms with E-state index in [0.29, 0.717) is 23.8 Å². The molecule has 0 N–H and O–H groups in total. The second-order valence-corrected chi connectivity index (χ2v) is 7.15. The summed E-state index contributed by atoms with van der Waals surface area (Å²) in [6.07, 6.45) is 8.92. The van der Waals surface area contributed by atoms with Gasteiger partial charge in [0.15, 0.2) is 11.2 Å². The summed E-state index contributed by atoms with van der Waals surface area (Å²) in [5.41, 5.74) is 1.50. The predicted molar refractivity (Wildman–Crippen MR) is 103 cm³/mol. The van der Waals surface area contributed by atoms with Crippen LogP contribution in [0, 0.1) is 0 Å². The Kier molecular flexibility index (Phi) is 4.65. The molecule has 0 amide bonds. The zero-order valence-electron chi connectivity index (χ0n) is 15.7. The van der Waals surface area contributed by atoms with Gasteiger partial charge in [-0.2, -0.15) is 0 Å². The molecule has 0 saturated carbocycles. The molecule has 8 nitrogen and oxygen atoms in total. The second kappa shape index (κ2) is 7.11. The van der Waals surface area contributed by atoms with E-state index < -0.39 is 0 Å². The average Bonchev–Trinajstić information content (AvgIpc) is 3.14. The van der Waals surface area contributed by atoms with E-state index in [2.05, 4.69) is 20.9 Å². The van der Waals surface area contributed by atoms with Crippen molar-refractivity contribution in [1.29, 1.82) is 0 Å². The average molecular weight is 368 g/mol. The third kappa shape index (κ3) is 3.10. The molecule has 1 fully saturated rings. The number of pyridine rings is 1. The monoisotopic (exact) mass is 368 g/mol. The van der Waals surface area contributed by atoms with Gasteiger partial charge >= 0.3 is 5.69 Å². The number of fused-ring (bicyclic) bond motifs is 1. The maximum atomic E-state index is 12.6. The molecule has 4 heterocycles. The van der Waals surface area contributed by atoms with Crippen molar-refractivity contribution in [2.45, 2.75) is 31.8 Å². The summed E-state index contributed by atoms with van der Waals surface area (Å²) in [6, 6.07) is 4.47. The fourth-order valence-electron chi connectivity index (χ4n) is 4.01. The van der Waals surface area contributed by atoms with Crippen LogP contribution in [0.5, 0.6) is 0 Å². The van der Waals surface area contributed by atoms with Gasteiger partial charge in [0.05, 0.1) is 6.33 Å². The number of aryl methyl sites for hydroxylation is 1. The van der Waals surface area contributed by atoms with Crippen LogP contribution in [0.4, 0.5) is 0 Å². The van der Waals surface area contributed by atoms with Gasteiger partial charge in [0.2, 0.25) is 0 Å². The van der Waals surface area contributed by atoms with Gasteiger partial charge in [-0.3, -0.25) is 23.8 Å². The van der Waals surface area contributed by atoms with Gasteiger partial charge in [-0.25, -0.2) is 9.78 Å². The van der Waals surface area contributed by atoms with Crippen molar-refractivity contribution in [3.05, 3.63) is 57.3 Å². The van der Waals surface area contributed by atoms with E-state index in [1.165, 1.54) is 30.0 Å². The van der Waals surface area contributed by atoms with E-state index in [1.54, 1.807) is 19.6 Å². The Morgan fingerprint density at radius 3 is 2.78 bits per heavy atom. The summed E-state index contributed by atoms with van der Waals surface area (Å²) >= 11 is 0. The molecule has 4 rings (SSSR count). The van der Waals surface area contributed by atoms with Crippen LogP contribution >= 0.6 is 0 Å². The van der Waals surface area contributed by atoms with Crippen LogP contribution in [0.15, 0.2) is 40.4 Å². The van der Waals surface area contributed by atoms with E-state index in [9.17, 15) is 9.59 Å². The second-order valence-electron chi connectivity index (χ2n) is 7.15. The van der Waals surface area contributed by atoms with Crippen LogP contribution in [0.3, 0.4) is 0 Å². The smallest absolute Gasteiger partial charge is 0.323 e. The van der Waals surface area contributed by atoms with Crippen LogP contribution in [0.2, 0.25) is 0 Å². The van der Waals surface area contributed by atoms with E-state index in [4.69, 9.17) is 0 Å². The van der Waals surface area contributed by atoms with Crippen molar-refractivity contribution in [3.63, 3.8) is 0 Å². The number of hydrogen-bond acceptors (Lipinski definition) is 5. The van der Waals surface area contributed by atoms with Crippen LogP contribution in [-0.4, -0.2) is 41.7 Å². The molecule has 142 valence electrons. The normalized spacial score (nSPS) is 18.2. The van der Waals surface area contributed by atoms with Gasteiger partial charge in [0, 0.05) is 45.6 Å². The molecule has 1 aliphatic rings. The lowest BCUT2D eigenvalue weighted by atomic mass is 9.96. The molecule has 0 aromatic carbocycles. The molecule has 3 aromatic rings. The first-order valence-corrected chi connectivity index (χ1v) is 9.32. The first kappa shape index (κ1) is 17.7. The van der Waals surface area contributed by atoms with Gasteiger partial charge in [-0.05, 0) is 31.0 Å². The minimum Gasteiger partial charge on any atom is -0.323 e. The highest BCUT2D eigenvalue weighted by atomic mass is 16.2. The van der Waals surface area contributed by atoms with Crippen LogP contribution in [0.25, 0.3) is 11.2 Å². The fourth-order valence-corrected chi connectivity index (χ4v) is 4.01. The van der Waals surface area contributed by atoms with Gasteiger partial charge in [0.1, 0.15) is 0 Å².